The second kappa shape index (κ2) is 6.90. The summed E-state index contributed by atoms with van der Waals surface area (Å²) in [6.07, 6.45) is 2.06. The molecule has 2 heterocycles. The van der Waals surface area contributed by atoms with Crippen molar-refractivity contribution in [2.75, 3.05) is 26.2 Å². The van der Waals surface area contributed by atoms with Gasteiger partial charge in [-0.05, 0) is 38.5 Å². The van der Waals surface area contributed by atoms with Crippen LogP contribution >= 0.6 is 0 Å². The van der Waals surface area contributed by atoms with E-state index in [1.165, 1.54) is 4.90 Å². The molecule has 0 aromatic carbocycles. The molecule has 0 unspecified atom stereocenters. The molecule has 0 saturated carbocycles. The summed E-state index contributed by atoms with van der Waals surface area (Å²) in [5.41, 5.74) is 0. The Morgan fingerprint density at radius 1 is 1.20 bits per heavy atom. The highest BCUT2D eigenvalue weighted by atomic mass is 19.1. The minimum absolute atomic E-state index is 0.166. The van der Waals surface area contributed by atoms with Crippen LogP contribution < -0.4 is 0 Å². The predicted octanol–water partition coefficient (Wildman–Crippen LogP) is 2.16. The summed E-state index contributed by atoms with van der Waals surface area (Å²) in [6, 6.07) is -0.190. The second-order valence-corrected chi connectivity index (χ2v) is 5.49. The van der Waals surface area contributed by atoms with E-state index >= 15 is 0 Å². The van der Waals surface area contributed by atoms with Crippen molar-refractivity contribution >= 4 is 12.0 Å². The minimum Gasteiger partial charge on any atom is -0.466 e. The van der Waals surface area contributed by atoms with Crippen LogP contribution in [0.3, 0.4) is 0 Å². The van der Waals surface area contributed by atoms with E-state index in [0.29, 0.717) is 39.1 Å². The molecule has 114 valence electrons. The topological polar surface area (TPSA) is 49.9 Å². The average molecular weight is 286 g/mol. The molecule has 0 N–H and O–H groups in total. The number of rotatable bonds is 3. The fourth-order valence-corrected chi connectivity index (χ4v) is 2.91. The largest absolute Gasteiger partial charge is 0.466 e. The lowest BCUT2D eigenvalue weighted by atomic mass is 9.94. The lowest BCUT2D eigenvalue weighted by Gasteiger charge is -2.34. The van der Waals surface area contributed by atoms with Crippen LogP contribution in [0.15, 0.2) is 0 Å². The molecule has 6 heteroatoms. The highest BCUT2D eigenvalue weighted by molar-refractivity contribution is 5.75. The molecule has 20 heavy (non-hydrogen) atoms. The van der Waals surface area contributed by atoms with E-state index < -0.39 is 6.30 Å². The van der Waals surface area contributed by atoms with Crippen LogP contribution in [0.1, 0.15) is 39.0 Å². The number of nitrogens with zero attached hydrogens (tertiary/aromatic N) is 2. The van der Waals surface area contributed by atoms with E-state index in [1.807, 2.05) is 0 Å². The molecule has 2 aliphatic rings. The van der Waals surface area contributed by atoms with Gasteiger partial charge in [-0.3, -0.25) is 9.69 Å². The lowest BCUT2D eigenvalue weighted by molar-refractivity contribution is -0.144. The zero-order valence-electron chi connectivity index (χ0n) is 12.0. The van der Waals surface area contributed by atoms with Crippen molar-refractivity contribution < 1.29 is 18.7 Å². The summed E-state index contributed by atoms with van der Waals surface area (Å²) in [4.78, 5) is 26.6. The monoisotopic (exact) mass is 286 g/mol. The molecule has 2 rings (SSSR count). The van der Waals surface area contributed by atoms with Crippen molar-refractivity contribution in [3.63, 3.8) is 0 Å². The van der Waals surface area contributed by atoms with Crippen LogP contribution in [0.5, 0.6) is 0 Å². The maximum absolute atomic E-state index is 13.5. The van der Waals surface area contributed by atoms with Crippen LogP contribution in [-0.2, 0) is 9.53 Å². The molecule has 2 aliphatic heterocycles. The molecule has 0 spiro atoms. The molecule has 2 amide bonds. The Hall–Kier alpha value is -1.33. The Morgan fingerprint density at radius 2 is 1.90 bits per heavy atom. The van der Waals surface area contributed by atoms with E-state index in [1.54, 1.807) is 11.8 Å². The van der Waals surface area contributed by atoms with Gasteiger partial charge in [0.05, 0.1) is 6.61 Å². The fraction of sp³-hybridized carbons (Fsp3) is 0.857. The first-order chi connectivity index (χ1) is 9.61. The van der Waals surface area contributed by atoms with Crippen LogP contribution in [0, 0.1) is 5.92 Å². The number of hydrogen-bond donors (Lipinski definition) is 0. The minimum atomic E-state index is -1.13. The van der Waals surface area contributed by atoms with E-state index in [4.69, 9.17) is 4.74 Å². The second-order valence-electron chi connectivity index (χ2n) is 5.49. The smallest absolute Gasteiger partial charge is 0.322 e. The third-order valence-electron chi connectivity index (χ3n) is 4.07. The number of urea groups is 1. The molecular weight excluding hydrogens is 263 g/mol. The van der Waals surface area contributed by atoms with E-state index in [9.17, 15) is 14.0 Å². The number of esters is 1. The summed E-state index contributed by atoms with van der Waals surface area (Å²) in [7, 11) is 0. The number of ether oxygens (including phenoxy) is 1. The number of carbonyl (C=O) groups is 2. The summed E-state index contributed by atoms with van der Waals surface area (Å²) in [5, 5.41) is 0. The number of likely N-dealkylation sites (tertiary alicyclic amines) is 2. The van der Waals surface area contributed by atoms with Gasteiger partial charge in [0.2, 0.25) is 0 Å². The maximum atomic E-state index is 13.5. The van der Waals surface area contributed by atoms with Crippen molar-refractivity contribution in [1.29, 1.82) is 0 Å². The van der Waals surface area contributed by atoms with E-state index in [-0.39, 0.29) is 17.9 Å². The Kier molecular flexibility index (Phi) is 5.20. The van der Waals surface area contributed by atoms with Gasteiger partial charge in [0.25, 0.3) is 0 Å². The first-order valence-electron chi connectivity index (χ1n) is 7.47. The Bertz CT molecular complexity index is 356. The van der Waals surface area contributed by atoms with Gasteiger partial charge in [-0.25, -0.2) is 9.18 Å². The first kappa shape index (κ1) is 15.1. The van der Waals surface area contributed by atoms with Crippen LogP contribution in [0.2, 0.25) is 0 Å². The van der Waals surface area contributed by atoms with E-state index in [2.05, 4.69) is 0 Å². The lowest BCUT2D eigenvalue weighted by Crippen LogP contribution is -2.47. The van der Waals surface area contributed by atoms with Crippen molar-refractivity contribution in [3.8, 4) is 0 Å². The number of piperidine rings is 1. The molecular formula is C14H23FN2O3. The molecule has 2 saturated heterocycles. The van der Waals surface area contributed by atoms with Gasteiger partial charge >= 0.3 is 12.0 Å². The van der Waals surface area contributed by atoms with Gasteiger partial charge in [-0.1, -0.05) is 0 Å². The zero-order valence-corrected chi connectivity index (χ0v) is 12.0. The molecule has 0 bridgehead atoms. The molecule has 0 aromatic heterocycles. The number of hydrogen-bond acceptors (Lipinski definition) is 3. The van der Waals surface area contributed by atoms with Gasteiger partial charge in [0.1, 0.15) is 0 Å². The molecule has 2 fully saturated rings. The molecule has 5 nitrogen and oxygen atoms in total. The van der Waals surface area contributed by atoms with E-state index in [0.717, 1.165) is 19.3 Å². The van der Waals surface area contributed by atoms with Crippen molar-refractivity contribution in [1.82, 2.24) is 9.80 Å². The molecule has 0 aliphatic carbocycles. The van der Waals surface area contributed by atoms with Crippen molar-refractivity contribution in [2.45, 2.75) is 45.3 Å². The van der Waals surface area contributed by atoms with Crippen LogP contribution in [0.4, 0.5) is 9.18 Å². The maximum Gasteiger partial charge on any atom is 0.322 e. The standard InChI is InChI=1S/C14H23FN2O3/c1-2-20-13(18)10-11-5-8-16(9-6-11)14(19)17-7-3-4-12(17)15/h11-12H,2-10H2,1H3/t12-/m1/s1. The van der Waals surface area contributed by atoms with Crippen LogP contribution in [-0.4, -0.2) is 54.3 Å². The van der Waals surface area contributed by atoms with Gasteiger partial charge in [-0.2, -0.15) is 0 Å². The van der Waals surface area contributed by atoms with Crippen molar-refractivity contribution in [2.24, 2.45) is 5.92 Å². The average Bonchev–Trinajstić information content (AvgIpc) is 2.85. The highest BCUT2D eigenvalue weighted by Crippen LogP contribution is 2.25. The van der Waals surface area contributed by atoms with Crippen molar-refractivity contribution in [3.05, 3.63) is 0 Å². The number of halogens is 1. The normalized spacial score (nSPS) is 24.0. The first-order valence-corrected chi connectivity index (χ1v) is 7.47. The van der Waals surface area contributed by atoms with Gasteiger partial charge in [-0.15, -0.1) is 0 Å². The summed E-state index contributed by atoms with van der Waals surface area (Å²) in [5.74, 6) is 0.110. The summed E-state index contributed by atoms with van der Waals surface area (Å²) < 4.78 is 18.5. The van der Waals surface area contributed by atoms with Gasteiger partial charge < -0.3 is 9.64 Å². The molecule has 0 radical (unpaired) electrons. The van der Waals surface area contributed by atoms with Crippen LogP contribution in [0.25, 0.3) is 0 Å². The Labute approximate surface area is 119 Å². The zero-order chi connectivity index (χ0) is 14.5. The number of amides is 2. The van der Waals surface area contributed by atoms with Gasteiger partial charge in [0.15, 0.2) is 6.30 Å². The Morgan fingerprint density at radius 3 is 2.45 bits per heavy atom. The highest BCUT2D eigenvalue weighted by Gasteiger charge is 2.33. The third kappa shape index (κ3) is 3.61. The Balaban J connectivity index is 1.76. The number of alkyl halides is 1. The summed E-state index contributed by atoms with van der Waals surface area (Å²) in [6.45, 7) is 3.92. The fourth-order valence-electron chi connectivity index (χ4n) is 2.91. The molecule has 1 atom stereocenters. The summed E-state index contributed by atoms with van der Waals surface area (Å²) >= 11 is 0. The third-order valence-corrected chi connectivity index (χ3v) is 4.07. The predicted molar refractivity (Wildman–Crippen MR) is 71.8 cm³/mol. The van der Waals surface area contributed by atoms with Gasteiger partial charge in [0, 0.05) is 26.1 Å². The SMILES string of the molecule is CCOC(=O)CC1CCN(C(=O)N2CCC[C@@H]2F)CC1. The quantitative estimate of drug-likeness (QED) is 0.590. The number of carbonyl (C=O) groups excluding carboxylic acids is 2. The molecule has 0 aromatic rings.